The van der Waals surface area contributed by atoms with E-state index in [0.717, 1.165) is 0 Å². The van der Waals surface area contributed by atoms with Gasteiger partial charge in [-0.15, -0.1) is 0 Å². The highest BCUT2D eigenvalue weighted by Gasteiger charge is 2.52. The van der Waals surface area contributed by atoms with Crippen LogP contribution in [0.1, 0.15) is 39.2 Å². The summed E-state index contributed by atoms with van der Waals surface area (Å²) in [5.41, 5.74) is -0.422. The molecule has 2 rings (SSSR count). The third-order valence-corrected chi connectivity index (χ3v) is 4.37. The fraction of sp³-hybridized carbons (Fsp3) is 0.600. The molecular formula is C15H20BF3O2. The van der Waals surface area contributed by atoms with Crippen molar-refractivity contribution in [2.24, 2.45) is 0 Å². The van der Waals surface area contributed by atoms with E-state index in [-0.39, 0.29) is 5.56 Å². The number of benzene rings is 1. The Labute approximate surface area is 123 Å². The first-order chi connectivity index (χ1) is 9.69. The van der Waals surface area contributed by atoms with Crippen LogP contribution in [-0.2, 0) is 9.31 Å². The maximum atomic E-state index is 13.0. The van der Waals surface area contributed by atoms with Gasteiger partial charge in [0.2, 0.25) is 6.43 Å². The van der Waals surface area contributed by atoms with E-state index >= 15 is 0 Å². The quantitative estimate of drug-likeness (QED) is 0.794. The number of rotatable bonds is 4. The van der Waals surface area contributed by atoms with Gasteiger partial charge < -0.3 is 9.31 Å². The first-order valence-corrected chi connectivity index (χ1v) is 6.98. The van der Waals surface area contributed by atoms with Crippen LogP contribution in [0.25, 0.3) is 0 Å². The van der Waals surface area contributed by atoms with Gasteiger partial charge in [0, 0.05) is 0 Å². The summed E-state index contributed by atoms with van der Waals surface area (Å²) in [6.07, 6.45) is -2.77. The van der Waals surface area contributed by atoms with E-state index in [1.54, 1.807) is 18.2 Å². The van der Waals surface area contributed by atoms with E-state index in [1.807, 2.05) is 27.7 Å². The van der Waals surface area contributed by atoms with Crippen LogP contribution in [0.4, 0.5) is 13.2 Å². The van der Waals surface area contributed by atoms with E-state index in [2.05, 4.69) is 0 Å². The number of hydrogen-bond acceptors (Lipinski definition) is 2. The van der Waals surface area contributed by atoms with Crippen LogP contribution >= 0.6 is 0 Å². The van der Waals surface area contributed by atoms with Crippen molar-refractivity contribution in [2.45, 2.75) is 51.2 Å². The van der Waals surface area contributed by atoms with E-state index in [0.29, 0.717) is 5.46 Å². The molecule has 1 aromatic carbocycles. The van der Waals surface area contributed by atoms with Gasteiger partial charge in [-0.2, -0.15) is 0 Å². The number of hydrogen-bond donors (Lipinski definition) is 0. The zero-order valence-electron chi connectivity index (χ0n) is 12.7. The van der Waals surface area contributed by atoms with Gasteiger partial charge in [-0.3, -0.25) is 4.39 Å². The van der Waals surface area contributed by atoms with Crippen LogP contribution in [0.5, 0.6) is 0 Å². The smallest absolute Gasteiger partial charge is 0.399 e. The van der Waals surface area contributed by atoms with Crippen molar-refractivity contribution in [3.8, 4) is 0 Å². The van der Waals surface area contributed by atoms with Crippen molar-refractivity contribution in [1.29, 1.82) is 0 Å². The summed E-state index contributed by atoms with van der Waals surface area (Å²) in [6, 6.07) is 6.50. The first-order valence-electron chi connectivity index (χ1n) is 6.98. The SMILES string of the molecule is CC1(C)OB(c2ccccc2C(CF)C(F)F)OC1(C)C. The third kappa shape index (κ3) is 2.97. The minimum atomic E-state index is -2.77. The zero-order valence-corrected chi connectivity index (χ0v) is 12.7. The Hall–Kier alpha value is -1.01. The maximum absolute atomic E-state index is 13.0. The molecule has 1 aliphatic rings. The normalized spacial score (nSPS) is 21.8. The molecule has 2 nitrogen and oxygen atoms in total. The maximum Gasteiger partial charge on any atom is 0.495 e. The minimum absolute atomic E-state index is 0.244. The molecule has 0 spiro atoms. The fourth-order valence-electron chi connectivity index (χ4n) is 2.32. The molecule has 1 fully saturated rings. The third-order valence-electron chi connectivity index (χ3n) is 4.37. The lowest BCUT2D eigenvalue weighted by molar-refractivity contribution is 0.00578. The summed E-state index contributed by atoms with van der Waals surface area (Å²) in [5, 5.41) is 0. The average Bonchev–Trinajstić information content (AvgIpc) is 2.59. The van der Waals surface area contributed by atoms with Gasteiger partial charge in [0.25, 0.3) is 0 Å². The van der Waals surface area contributed by atoms with Crippen LogP contribution in [-0.4, -0.2) is 31.4 Å². The number of alkyl halides is 3. The number of halogens is 3. The van der Waals surface area contributed by atoms with Gasteiger partial charge in [-0.25, -0.2) is 8.78 Å². The molecule has 1 atom stereocenters. The molecule has 1 saturated heterocycles. The Balaban J connectivity index is 2.38. The van der Waals surface area contributed by atoms with E-state index in [9.17, 15) is 13.2 Å². The summed E-state index contributed by atoms with van der Waals surface area (Å²) in [7, 11) is -0.765. The molecule has 21 heavy (non-hydrogen) atoms. The summed E-state index contributed by atoms with van der Waals surface area (Å²) < 4.78 is 50.8. The zero-order chi connectivity index (χ0) is 15.8. The Bertz CT molecular complexity index is 489. The first kappa shape index (κ1) is 16.4. The molecule has 0 radical (unpaired) electrons. The van der Waals surface area contributed by atoms with Crippen molar-refractivity contribution in [1.82, 2.24) is 0 Å². The molecule has 116 valence electrons. The predicted molar refractivity (Wildman–Crippen MR) is 76.9 cm³/mol. The topological polar surface area (TPSA) is 18.5 Å². The molecule has 1 unspecified atom stereocenters. The largest absolute Gasteiger partial charge is 0.495 e. The molecule has 0 amide bonds. The van der Waals surface area contributed by atoms with Crippen LogP contribution in [0.15, 0.2) is 24.3 Å². The standard InChI is InChI=1S/C15H20BF3O2/c1-14(2)15(3,4)21-16(20-14)12-8-6-5-7-10(12)11(9-17)13(18)19/h5-8,11,13H,9H2,1-4H3. The van der Waals surface area contributed by atoms with Crippen molar-refractivity contribution in [2.75, 3.05) is 6.67 Å². The second kappa shape index (κ2) is 5.65. The van der Waals surface area contributed by atoms with E-state index in [4.69, 9.17) is 9.31 Å². The van der Waals surface area contributed by atoms with E-state index in [1.165, 1.54) is 6.07 Å². The van der Waals surface area contributed by atoms with Crippen molar-refractivity contribution < 1.29 is 22.5 Å². The van der Waals surface area contributed by atoms with Gasteiger partial charge in [0.05, 0.1) is 17.1 Å². The summed E-state index contributed by atoms with van der Waals surface area (Å²) >= 11 is 0. The predicted octanol–water partition coefficient (Wildman–Crippen LogP) is 3.30. The van der Waals surface area contributed by atoms with Gasteiger partial charge in [0.15, 0.2) is 0 Å². The lowest BCUT2D eigenvalue weighted by atomic mass is 9.73. The Morgan fingerprint density at radius 1 is 1.05 bits per heavy atom. The lowest BCUT2D eigenvalue weighted by Crippen LogP contribution is -2.41. The molecule has 0 saturated carbocycles. The highest BCUT2D eigenvalue weighted by molar-refractivity contribution is 6.62. The van der Waals surface area contributed by atoms with Crippen LogP contribution in [0.3, 0.4) is 0 Å². The van der Waals surface area contributed by atoms with Crippen molar-refractivity contribution in [3.05, 3.63) is 29.8 Å². The van der Waals surface area contributed by atoms with Gasteiger partial charge >= 0.3 is 7.12 Å². The van der Waals surface area contributed by atoms with Crippen molar-refractivity contribution in [3.63, 3.8) is 0 Å². The average molecular weight is 300 g/mol. The monoisotopic (exact) mass is 300 g/mol. The van der Waals surface area contributed by atoms with Crippen LogP contribution in [0.2, 0.25) is 0 Å². The summed E-state index contributed by atoms with van der Waals surface area (Å²) in [5.74, 6) is -1.46. The highest BCUT2D eigenvalue weighted by Crippen LogP contribution is 2.37. The molecule has 1 aromatic rings. The van der Waals surface area contributed by atoms with Crippen LogP contribution < -0.4 is 5.46 Å². The molecule has 0 aliphatic carbocycles. The molecule has 0 aromatic heterocycles. The van der Waals surface area contributed by atoms with Gasteiger partial charge in [-0.05, 0) is 38.7 Å². The molecule has 0 N–H and O–H groups in total. The fourth-order valence-corrected chi connectivity index (χ4v) is 2.32. The van der Waals surface area contributed by atoms with Gasteiger partial charge in [0.1, 0.15) is 6.67 Å². The summed E-state index contributed by atoms with van der Waals surface area (Å²) in [4.78, 5) is 0. The van der Waals surface area contributed by atoms with E-state index < -0.39 is 37.3 Å². The Kier molecular flexibility index (Phi) is 4.40. The second-order valence-electron chi connectivity index (χ2n) is 6.31. The van der Waals surface area contributed by atoms with Crippen LogP contribution in [0, 0.1) is 0 Å². The van der Waals surface area contributed by atoms with Gasteiger partial charge in [-0.1, -0.05) is 24.3 Å². The Morgan fingerprint density at radius 2 is 1.57 bits per heavy atom. The molecule has 0 bridgehead atoms. The highest BCUT2D eigenvalue weighted by atomic mass is 19.3. The summed E-state index contributed by atoms with van der Waals surface area (Å²) in [6.45, 7) is 6.42. The van der Waals surface area contributed by atoms with Crippen molar-refractivity contribution >= 4 is 12.6 Å². The minimum Gasteiger partial charge on any atom is -0.399 e. The lowest BCUT2D eigenvalue weighted by Gasteiger charge is -2.32. The molecule has 6 heteroatoms. The second-order valence-corrected chi connectivity index (χ2v) is 6.31. The molecule has 1 aliphatic heterocycles. The molecule has 1 heterocycles. The Morgan fingerprint density at radius 3 is 2.05 bits per heavy atom. The molecular weight excluding hydrogens is 280 g/mol.